The molecule has 1 amide bonds. The van der Waals surface area contributed by atoms with Crippen LogP contribution in [0.2, 0.25) is 0 Å². The van der Waals surface area contributed by atoms with Crippen LogP contribution in [-0.4, -0.2) is 35.7 Å². The molecule has 0 N–H and O–H groups in total. The second-order valence-corrected chi connectivity index (χ2v) is 6.35. The Morgan fingerprint density at radius 1 is 1.16 bits per heavy atom. The number of thiazole rings is 1. The average molecular weight is 350 g/mol. The Bertz CT molecular complexity index is 982. The van der Waals surface area contributed by atoms with Gasteiger partial charge in [-0.05, 0) is 24.3 Å². The smallest absolute Gasteiger partial charge is 0.280 e. The molecule has 124 valence electrons. The van der Waals surface area contributed by atoms with Crippen LogP contribution in [0.4, 0.5) is 5.69 Å². The van der Waals surface area contributed by atoms with Crippen LogP contribution in [0.5, 0.6) is 0 Å². The molecule has 25 heavy (non-hydrogen) atoms. The summed E-state index contributed by atoms with van der Waals surface area (Å²) in [5.41, 5.74) is 4.70. The number of amides is 1. The number of nitrogens with zero attached hydrogens (tertiary/aromatic N) is 4. The summed E-state index contributed by atoms with van der Waals surface area (Å²) < 4.78 is 0. The average Bonchev–Trinajstić information content (AvgIpc) is 3.23. The number of benzene rings is 1. The number of hydrogen-bond donors (Lipinski definition) is 0. The van der Waals surface area contributed by atoms with Crippen molar-refractivity contribution in [2.24, 2.45) is 5.16 Å². The molecule has 7 heteroatoms. The predicted octanol–water partition coefficient (Wildman–Crippen LogP) is 3.20. The van der Waals surface area contributed by atoms with E-state index < -0.39 is 0 Å². The number of anilines is 1. The van der Waals surface area contributed by atoms with E-state index in [9.17, 15) is 4.79 Å². The number of pyridine rings is 1. The summed E-state index contributed by atoms with van der Waals surface area (Å²) in [6, 6.07) is 9.67. The van der Waals surface area contributed by atoms with E-state index in [0.29, 0.717) is 5.71 Å². The van der Waals surface area contributed by atoms with Crippen LogP contribution < -0.4 is 4.90 Å². The van der Waals surface area contributed by atoms with E-state index in [2.05, 4.69) is 10.1 Å². The third kappa shape index (κ3) is 2.58. The molecule has 0 aliphatic carbocycles. The largest absolute Gasteiger partial charge is 0.398 e. The monoisotopic (exact) mass is 350 g/mol. The first kappa shape index (κ1) is 15.5. The lowest BCUT2D eigenvalue weighted by molar-refractivity contribution is -0.112. The second kappa shape index (κ2) is 6.10. The summed E-state index contributed by atoms with van der Waals surface area (Å²) in [5, 5.41) is 6.82. The first-order valence-corrected chi connectivity index (χ1v) is 8.47. The lowest BCUT2D eigenvalue weighted by atomic mass is 10.1. The van der Waals surface area contributed by atoms with Crippen molar-refractivity contribution in [3.05, 3.63) is 53.7 Å². The first-order chi connectivity index (χ1) is 12.2. The van der Waals surface area contributed by atoms with Crippen LogP contribution >= 0.6 is 11.3 Å². The lowest BCUT2D eigenvalue weighted by Crippen LogP contribution is -2.25. The van der Waals surface area contributed by atoms with Gasteiger partial charge in [0.15, 0.2) is 5.71 Å². The van der Waals surface area contributed by atoms with Gasteiger partial charge in [0.1, 0.15) is 12.1 Å². The molecule has 0 saturated heterocycles. The summed E-state index contributed by atoms with van der Waals surface area (Å²) in [6.07, 6.45) is 3.50. The third-order valence-corrected chi connectivity index (χ3v) is 4.92. The van der Waals surface area contributed by atoms with E-state index in [4.69, 9.17) is 9.82 Å². The Balaban J connectivity index is 1.76. The normalized spacial score (nSPS) is 14.9. The number of carbonyl (C=O) groups is 1. The molecule has 1 aliphatic rings. The molecule has 0 atom stereocenters. The Labute approximate surface area is 148 Å². The van der Waals surface area contributed by atoms with E-state index in [1.807, 2.05) is 35.7 Å². The molecule has 6 nitrogen and oxygen atoms in total. The molecule has 0 spiro atoms. The fourth-order valence-electron chi connectivity index (χ4n) is 2.77. The maximum absolute atomic E-state index is 12.3. The summed E-state index contributed by atoms with van der Waals surface area (Å²) in [5.74, 6) is -0.176. The van der Waals surface area contributed by atoms with Crippen molar-refractivity contribution in [3.8, 4) is 21.8 Å². The van der Waals surface area contributed by atoms with E-state index in [1.165, 1.54) is 7.11 Å². The molecular weight excluding hydrogens is 336 g/mol. The number of oxime groups is 1. The Morgan fingerprint density at radius 2 is 1.96 bits per heavy atom. The van der Waals surface area contributed by atoms with Crippen LogP contribution in [0.15, 0.2) is 53.3 Å². The maximum atomic E-state index is 12.3. The van der Waals surface area contributed by atoms with Crippen molar-refractivity contribution in [3.63, 3.8) is 0 Å². The van der Waals surface area contributed by atoms with E-state index in [0.717, 1.165) is 33.1 Å². The zero-order chi connectivity index (χ0) is 17.4. The van der Waals surface area contributed by atoms with E-state index >= 15 is 0 Å². The summed E-state index contributed by atoms with van der Waals surface area (Å²) in [6.45, 7) is 0. The lowest BCUT2D eigenvalue weighted by Gasteiger charge is -2.08. The quantitative estimate of drug-likeness (QED) is 0.680. The highest BCUT2D eigenvalue weighted by atomic mass is 32.1. The minimum atomic E-state index is -0.176. The summed E-state index contributed by atoms with van der Waals surface area (Å²) >= 11 is 1.57. The highest BCUT2D eigenvalue weighted by Crippen LogP contribution is 2.34. The second-order valence-electron chi connectivity index (χ2n) is 5.49. The van der Waals surface area contributed by atoms with Crippen molar-refractivity contribution in [1.82, 2.24) is 9.97 Å². The molecule has 1 aliphatic heterocycles. The van der Waals surface area contributed by atoms with Gasteiger partial charge in [-0.3, -0.25) is 9.78 Å². The van der Waals surface area contributed by atoms with Crippen LogP contribution in [0.25, 0.3) is 21.8 Å². The van der Waals surface area contributed by atoms with Crippen molar-refractivity contribution in [2.75, 3.05) is 19.1 Å². The summed E-state index contributed by atoms with van der Waals surface area (Å²) in [4.78, 5) is 27.4. The number of aromatic nitrogens is 2. The van der Waals surface area contributed by atoms with Crippen LogP contribution in [0, 0.1) is 0 Å². The standard InChI is InChI=1S/C18H14N4O2S/c1-22-15-4-3-12(9-13(15)16(18(22)23)21-24-2)14-10-25-17(20-14)11-5-7-19-8-6-11/h3-10H,1-2H3. The molecule has 0 fully saturated rings. The van der Waals surface area contributed by atoms with E-state index in [-0.39, 0.29) is 5.91 Å². The van der Waals surface area contributed by atoms with Crippen LogP contribution in [0.3, 0.4) is 0 Å². The highest BCUT2D eigenvalue weighted by Gasteiger charge is 2.32. The van der Waals surface area contributed by atoms with Crippen LogP contribution in [0.1, 0.15) is 5.56 Å². The van der Waals surface area contributed by atoms with Crippen LogP contribution in [-0.2, 0) is 9.63 Å². The van der Waals surface area contributed by atoms with Gasteiger partial charge in [0.05, 0.1) is 11.4 Å². The minimum Gasteiger partial charge on any atom is -0.398 e. The molecular formula is C18H14N4O2S. The third-order valence-electron chi connectivity index (χ3n) is 4.03. The number of fused-ring (bicyclic) bond motifs is 1. The predicted molar refractivity (Wildman–Crippen MR) is 97.7 cm³/mol. The molecule has 0 unspecified atom stereocenters. The van der Waals surface area contributed by atoms with Gasteiger partial charge in [-0.15, -0.1) is 11.3 Å². The number of rotatable bonds is 3. The van der Waals surface area contributed by atoms with Gasteiger partial charge < -0.3 is 9.74 Å². The molecule has 3 aromatic rings. The highest BCUT2D eigenvalue weighted by molar-refractivity contribution is 7.13. The number of carbonyl (C=O) groups excluding carboxylic acids is 1. The fraction of sp³-hybridized carbons (Fsp3) is 0.111. The SMILES string of the molecule is CON=C1C(=O)N(C)c2ccc(-c3csc(-c4ccncc4)n3)cc21. The van der Waals surface area contributed by atoms with Crippen molar-refractivity contribution >= 4 is 28.6 Å². The Kier molecular flexibility index (Phi) is 3.77. The van der Waals surface area contributed by atoms with Crippen molar-refractivity contribution in [2.45, 2.75) is 0 Å². The fourth-order valence-corrected chi connectivity index (χ4v) is 3.61. The molecule has 0 radical (unpaired) electrons. The van der Waals surface area contributed by atoms with E-state index in [1.54, 1.807) is 35.7 Å². The van der Waals surface area contributed by atoms with Gasteiger partial charge in [-0.1, -0.05) is 11.2 Å². The summed E-state index contributed by atoms with van der Waals surface area (Å²) in [7, 11) is 3.16. The molecule has 2 aromatic heterocycles. The zero-order valence-electron chi connectivity index (χ0n) is 13.6. The molecule has 1 aromatic carbocycles. The first-order valence-electron chi connectivity index (χ1n) is 7.59. The molecule has 3 heterocycles. The minimum absolute atomic E-state index is 0.176. The van der Waals surface area contributed by atoms with Gasteiger partial charge in [0, 0.05) is 41.5 Å². The Morgan fingerprint density at radius 3 is 2.72 bits per heavy atom. The Hall–Kier alpha value is -3.06. The van der Waals surface area contributed by atoms with Gasteiger partial charge in [0.25, 0.3) is 5.91 Å². The van der Waals surface area contributed by atoms with Gasteiger partial charge in [-0.25, -0.2) is 4.98 Å². The molecule has 0 bridgehead atoms. The number of hydrogen-bond acceptors (Lipinski definition) is 6. The molecule has 4 rings (SSSR count). The molecule has 0 saturated carbocycles. The number of likely N-dealkylation sites (N-methyl/N-ethyl adjacent to an activating group) is 1. The van der Waals surface area contributed by atoms with Gasteiger partial charge in [0.2, 0.25) is 0 Å². The maximum Gasteiger partial charge on any atom is 0.280 e. The van der Waals surface area contributed by atoms with Crippen molar-refractivity contribution < 1.29 is 9.63 Å². The van der Waals surface area contributed by atoms with Gasteiger partial charge >= 0.3 is 0 Å². The van der Waals surface area contributed by atoms with Gasteiger partial charge in [-0.2, -0.15) is 0 Å². The zero-order valence-corrected chi connectivity index (χ0v) is 14.4. The topological polar surface area (TPSA) is 67.7 Å². The van der Waals surface area contributed by atoms with Crippen molar-refractivity contribution in [1.29, 1.82) is 0 Å².